The van der Waals surface area contributed by atoms with Crippen molar-refractivity contribution in [2.75, 3.05) is 18.5 Å². The van der Waals surface area contributed by atoms with Crippen LogP contribution in [0.5, 0.6) is 5.75 Å². The van der Waals surface area contributed by atoms with E-state index in [1.165, 1.54) is 70.6 Å². The minimum absolute atomic E-state index is 0.830. The number of unbranched alkanes of at least 4 members (excludes halogenated alkanes) is 11. The van der Waals surface area contributed by atoms with Gasteiger partial charge in [0.25, 0.3) is 0 Å². The molecule has 0 aliphatic rings. The van der Waals surface area contributed by atoms with E-state index in [1.807, 2.05) is 12.1 Å². The van der Waals surface area contributed by atoms with Crippen molar-refractivity contribution in [3.8, 4) is 5.75 Å². The molecule has 0 spiro atoms. The van der Waals surface area contributed by atoms with E-state index in [-0.39, 0.29) is 0 Å². The van der Waals surface area contributed by atoms with Crippen LogP contribution in [-0.4, -0.2) is 13.2 Å². The molecule has 1 N–H and O–H groups in total. The van der Waals surface area contributed by atoms with Crippen molar-refractivity contribution in [1.82, 2.24) is 0 Å². The van der Waals surface area contributed by atoms with Gasteiger partial charge in [-0.3, -0.25) is 0 Å². The lowest BCUT2D eigenvalue weighted by Crippen LogP contribution is -2.01. The average Bonchev–Trinajstić information content (AvgIpc) is 2.64. The van der Waals surface area contributed by atoms with Gasteiger partial charge in [-0.1, -0.05) is 90.5 Å². The highest BCUT2D eigenvalue weighted by atomic mass is 16.5. The number of anilines is 1. The minimum atomic E-state index is 0.830. The summed E-state index contributed by atoms with van der Waals surface area (Å²) in [6.45, 7) is 7.86. The first-order valence-electron chi connectivity index (χ1n) is 10.6. The minimum Gasteiger partial charge on any atom is -0.494 e. The molecule has 2 nitrogen and oxygen atoms in total. The van der Waals surface area contributed by atoms with Crippen LogP contribution in [-0.2, 0) is 0 Å². The number of ether oxygens (including phenoxy) is 1. The van der Waals surface area contributed by atoms with Gasteiger partial charge in [0.05, 0.1) is 6.61 Å². The van der Waals surface area contributed by atoms with E-state index < -0.39 is 0 Å². The summed E-state index contributed by atoms with van der Waals surface area (Å²) in [5.41, 5.74) is 1.12. The smallest absolute Gasteiger partial charge is 0.121 e. The van der Waals surface area contributed by atoms with Crippen LogP contribution in [0.3, 0.4) is 0 Å². The van der Waals surface area contributed by atoms with Crippen molar-refractivity contribution in [3.05, 3.63) is 31.2 Å². The molecule has 0 amide bonds. The topological polar surface area (TPSA) is 21.3 Å². The third kappa shape index (κ3) is 12.8. The quantitative estimate of drug-likeness (QED) is 0.297. The zero-order valence-electron chi connectivity index (χ0n) is 16.5. The van der Waals surface area contributed by atoms with E-state index in [0.29, 0.717) is 0 Å². The Labute approximate surface area is 156 Å². The van der Waals surface area contributed by atoms with E-state index in [0.717, 1.165) is 37.4 Å². The van der Waals surface area contributed by atoms with Crippen molar-refractivity contribution in [2.45, 2.75) is 90.4 Å². The molecule has 0 atom stereocenters. The molecule has 0 fully saturated rings. The van der Waals surface area contributed by atoms with Crippen molar-refractivity contribution >= 4 is 5.69 Å². The lowest BCUT2D eigenvalue weighted by Gasteiger charge is -2.09. The molecule has 0 aliphatic carbocycles. The van der Waals surface area contributed by atoms with Crippen LogP contribution >= 0.6 is 0 Å². The number of nitrogens with one attached hydrogen (secondary N) is 1. The van der Waals surface area contributed by atoms with Crippen molar-refractivity contribution in [3.63, 3.8) is 0 Å². The van der Waals surface area contributed by atoms with Gasteiger partial charge in [0.2, 0.25) is 0 Å². The zero-order chi connectivity index (χ0) is 18.0. The highest BCUT2D eigenvalue weighted by Crippen LogP contribution is 2.18. The summed E-state index contributed by atoms with van der Waals surface area (Å²) in [4.78, 5) is 0. The molecule has 0 saturated heterocycles. The lowest BCUT2D eigenvalue weighted by molar-refractivity contribution is 0.304. The molecule has 1 radical (unpaired) electrons. The van der Waals surface area contributed by atoms with Crippen molar-refractivity contribution in [2.24, 2.45) is 0 Å². The van der Waals surface area contributed by atoms with Gasteiger partial charge in [-0.05, 0) is 25.0 Å². The van der Waals surface area contributed by atoms with Gasteiger partial charge in [-0.25, -0.2) is 0 Å². The molecule has 1 aromatic rings. The fourth-order valence-electron chi connectivity index (χ4n) is 3.06. The normalized spacial score (nSPS) is 10.8. The van der Waals surface area contributed by atoms with Gasteiger partial charge in [-0.15, -0.1) is 0 Å². The standard InChI is InChI=1S/C23H40NO/c1-3-5-6-7-8-9-10-11-12-13-14-15-20-25-23-18-16-17-22(21-23)24-19-4-2/h16-18,21,24H,2-15,19-20H2,1H3. The predicted octanol–water partition coefficient (Wildman–Crippen LogP) is 7.40. The Morgan fingerprint density at radius 1 is 0.840 bits per heavy atom. The van der Waals surface area contributed by atoms with Crippen molar-refractivity contribution < 1.29 is 4.74 Å². The van der Waals surface area contributed by atoms with Crippen LogP contribution in [0.25, 0.3) is 0 Å². The van der Waals surface area contributed by atoms with Gasteiger partial charge in [0.1, 0.15) is 5.75 Å². The lowest BCUT2D eigenvalue weighted by atomic mass is 10.1. The molecule has 0 aliphatic heterocycles. The maximum absolute atomic E-state index is 5.86. The van der Waals surface area contributed by atoms with Gasteiger partial charge in [0, 0.05) is 18.3 Å². The van der Waals surface area contributed by atoms with Crippen LogP contribution < -0.4 is 10.1 Å². The summed E-state index contributed by atoms with van der Waals surface area (Å²) in [5.74, 6) is 0.970. The van der Waals surface area contributed by atoms with E-state index in [2.05, 4.69) is 31.3 Å². The van der Waals surface area contributed by atoms with Crippen molar-refractivity contribution in [1.29, 1.82) is 0 Å². The SMILES string of the molecule is [CH2]CCNc1cccc(OCCCCCCCCCCCCCC)c1. The summed E-state index contributed by atoms with van der Waals surface area (Å²) < 4.78 is 5.86. The number of hydrogen-bond acceptors (Lipinski definition) is 2. The third-order valence-corrected chi connectivity index (χ3v) is 4.61. The molecule has 0 saturated carbocycles. The third-order valence-electron chi connectivity index (χ3n) is 4.61. The van der Waals surface area contributed by atoms with Crippen LogP contribution in [0.1, 0.15) is 90.4 Å². The largest absolute Gasteiger partial charge is 0.494 e. The van der Waals surface area contributed by atoms with Crippen LogP contribution in [0.2, 0.25) is 0 Å². The van der Waals surface area contributed by atoms with Gasteiger partial charge >= 0.3 is 0 Å². The van der Waals surface area contributed by atoms with Gasteiger partial charge in [0.15, 0.2) is 0 Å². The molecular formula is C23H40NO. The Balaban J connectivity index is 1.90. The Hall–Kier alpha value is -1.18. The molecule has 0 heterocycles. The Kier molecular flexibility index (Phi) is 14.3. The Morgan fingerprint density at radius 2 is 1.44 bits per heavy atom. The van der Waals surface area contributed by atoms with E-state index in [4.69, 9.17) is 4.74 Å². The number of hydrogen-bond donors (Lipinski definition) is 1. The molecule has 143 valence electrons. The first-order chi connectivity index (χ1) is 12.4. The Bertz CT molecular complexity index is 405. The monoisotopic (exact) mass is 346 g/mol. The summed E-state index contributed by atoms with van der Waals surface area (Å²) in [6, 6.07) is 8.24. The molecular weight excluding hydrogens is 306 g/mol. The average molecular weight is 347 g/mol. The molecule has 0 bridgehead atoms. The van der Waals surface area contributed by atoms with Gasteiger partial charge < -0.3 is 10.1 Å². The van der Waals surface area contributed by atoms with E-state index in [1.54, 1.807) is 0 Å². The van der Waals surface area contributed by atoms with E-state index in [9.17, 15) is 0 Å². The summed E-state index contributed by atoms with van der Waals surface area (Å²) >= 11 is 0. The zero-order valence-corrected chi connectivity index (χ0v) is 16.5. The van der Waals surface area contributed by atoms with Crippen LogP contribution in [0.15, 0.2) is 24.3 Å². The summed E-state index contributed by atoms with van der Waals surface area (Å²) in [5, 5.41) is 3.34. The predicted molar refractivity (Wildman–Crippen MR) is 111 cm³/mol. The maximum Gasteiger partial charge on any atom is 0.121 e. The first kappa shape index (κ1) is 21.9. The highest BCUT2D eigenvalue weighted by Gasteiger charge is 1.97. The number of benzene rings is 1. The maximum atomic E-state index is 5.86. The molecule has 0 aromatic heterocycles. The second-order valence-corrected chi connectivity index (χ2v) is 7.05. The second kappa shape index (κ2) is 16.3. The summed E-state index contributed by atoms with van der Waals surface area (Å²) in [7, 11) is 0. The second-order valence-electron chi connectivity index (χ2n) is 7.05. The fraction of sp³-hybridized carbons (Fsp3) is 0.696. The molecule has 0 unspecified atom stereocenters. The Morgan fingerprint density at radius 3 is 2.04 bits per heavy atom. The summed E-state index contributed by atoms with van der Waals surface area (Å²) in [6.07, 6.45) is 17.4. The first-order valence-corrected chi connectivity index (χ1v) is 10.6. The molecule has 1 rings (SSSR count). The highest BCUT2D eigenvalue weighted by molar-refractivity contribution is 5.48. The number of rotatable bonds is 17. The van der Waals surface area contributed by atoms with Crippen LogP contribution in [0, 0.1) is 6.92 Å². The van der Waals surface area contributed by atoms with Crippen LogP contribution in [0.4, 0.5) is 5.69 Å². The molecule has 1 aromatic carbocycles. The van der Waals surface area contributed by atoms with Gasteiger partial charge in [-0.2, -0.15) is 0 Å². The fourth-order valence-corrected chi connectivity index (χ4v) is 3.06. The van der Waals surface area contributed by atoms with E-state index >= 15 is 0 Å². The molecule has 25 heavy (non-hydrogen) atoms. The molecule has 2 heteroatoms.